The van der Waals surface area contributed by atoms with Gasteiger partial charge in [-0.3, -0.25) is 10.1 Å². The van der Waals surface area contributed by atoms with E-state index >= 15 is 0 Å². The van der Waals surface area contributed by atoms with Crippen molar-refractivity contribution in [2.24, 2.45) is 0 Å². The summed E-state index contributed by atoms with van der Waals surface area (Å²) < 4.78 is 21.5. The highest BCUT2D eigenvalue weighted by molar-refractivity contribution is 5.91. The maximum absolute atomic E-state index is 13.2. The van der Waals surface area contributed by atoms with Crippen LogP contribution in [0.1, 0.15) is 42.7 Å². The lowest BCUT2D eigenvalue weighted by atomic mass is 9.93. The van der Waals surface area contributed by atoms with Crippen LogP contribution in [0.3, 0.4) is 0 Å². The zero-order valence-corrected chi connectivity index (χ0v) is 26.0. The maximum atomic E-state index is 13.2. The topological polar surface area (TPSA) is 198 Å². The van der Waals surface area contributed by atoms with Gasteiger partial charge in [-0.1, -0.05) is 84.0 Å². The van der Waals surface area contributed by atoms with Crippen LogP contribution in [0.25, 0.3) is 22.5 Å². The summed E-state index contributed by atoms with van der Waals surface area (Å²) >= 11 is 0. The summed E-state index contributed by atoms with van der Waals surface area (Å²) in [6.45, 7) is 3.50. The average Bonchev–Trinajstić information content (AvgIpc) is 3.83. The van der Waals surface area contributed by atoms with Gasteiger partial charge < -0.3 is 39.2 Å². The van der Waals surface area contributed by atoms with Crippen LogP contribution < -0.4 is 5.32 Å². The fraction of sp³-hybridized carbons (Fsp3) is 0.314. The smallest absolute Gasteiger partial charge is 0.412 e. The molecule has 1 aromatic heterocycles. The molecule has 2 heterocycles. The van der Waals surface area contributed by atoms with Crippen molar-refractivity contribution in [1.29, 1.82) is 0 Å². The number of ether oxygens (including phenoxy) is 3. The van der Waals surface area contributed by atoms with E-state index in [0.29, 0.717) is 41.1 Å². The molecule has 5 N–H and O–H groups in total. The molecule has 13 heteroatoms. The third kappa shape index (κ3) is 6.40. The fourth-order valence-corrected chi connectivity index (χ4v) is 5.70. The predicted molar refractivity (Wildman–Crippen MR) is 168 cm³/mol. The lowest BCUT2D eigenvalue weighted by molar-refractivity contribution is -0.287. The van der Waals surface area contributed by atoms with Crippen molar-refractivity contribution in [2.75, 3.05) is 5.32 Å². The Morgan fingerprint density at radius 3 is 2.08 bits per heavy atom. The Balaban J connectivity index is 1.11. The van der Waals surface area contributed by atoms with Crippen molar-refractivity contribution >= 4 is 23.7 Å². The third-order valence-corrected chi connectivity index (χ3v) is 8.74. The molecule has 0 bridgehead atoms. The van der Waals surface area contributed by atoms with Crippen LogP contribution in [0.5, 0.6) is 0 Å². The summed E-state index contributed by atoms with van der Waals surface area (Å²) in [5.74, 6) is -1.93. The number of hydrogen-bond acceptors (Lipinski definition) is 11. The number of nitrogens with one attached hydrogen (secondary N) is 1. The molecule has 3 aromatic carbocycles. The van der Waals surface area contributed by atoms with Crippen molar-refractivity contribution < 1.29 is 53.5 Å². The zero-order chi connectivity index (χ0) is 34.2. The maximum Gasteiger partial charge on any atom is 0.412 e. The van der Waals surface area contributed by atoms with E-state index in [-0.39, 0.29) is 0 Å². The Labute approximate surface area is 274 Å². The largest absolute Gasteiger partial charge is 0.479 e. The quantitative estimate of drug-likeness (QED) is 0.162. The van der Waals surface area contributed by atoms with Gasteiger partial charge in [0.25, 0.3) is 0 Å². The molecular formula is C35H34N2O11. The van der Waals surface area contributed by atoms with E-state index in [1.165, 1.54) is 0 Å². The number of carboxylic acids is 1. The van der Waals surface area contributed by atoms with Gasteiger partial charge in [-0.05, 0) is 48.9 Å². The molecular weight excluding hydrogens is 624 g/mol. The minimum atomic E-state index is -1.89. The molecule has 2 fully saturated rings. The van der Waals surface area contributed by atoms with Gasteiger partial charge in [0.2, 0.25) is 6.29 Å². The molecule has 1 amide bonds. The summed E-state index contributed by atoms with van der Waals surface area (Å²) in [6, 6.07) is 24.1. The molecule has 6 unspecified atom stereocenters. The molecule has 1 saturated carbocycles. The van der Waals surface area contributed by atoms with Gasteiger partial charge in [0.1, 0.15) is 35.8 Å². The number of aromatic nitrogens is 1. The number of carbonyl (C=O) groups is 3. The Bertz CT molecular complexity index is 1790. The number of esters is 1. The predicted octanol–water partition coefficient (Wildman–Crippen LogP) is 4.09. The molecule has 1 aliphatic carbocycles. The fourth-order valence-electron chi connectivity index (χ4n) is 5.70. The number of aliphatic carboxylic acids is 1. The van der Waals surface area contributed by atoms with Gasteiger partial charge in [-0.15, -0.1) is 0 Å². The van der Waals surface area contributed by atoms with Crippen LogP contribution in [0.15, 0.2) is 83.4 Å². The minimum absolute atomic E-state index is 0.372. The standard InChI is InChI=1S/C35H34N2O11/c1-18-25(36-34(44)45-19(2)20-6-4-3-5-7-20)29(48-37-18)23-10-8-21(9-11-23)22-12-14-24(15-13-22)35(16-17-35)33(43)47-32-28(40)26(38)27(39)30(46-32)31(41)42/h3-15,19,26-28,30,32,38-40H,16-17H2,1-2H3,(H,36,44)(H,41,42). The third-order valence-electron chi connectivity index (χ3n) is 8.74. The number of aliphatic hydroxyl groups excluding tert-OH is 3. The van der Waals surface area contributed by atoms with Crippen LogP contribution >= 0.6 is 0 Å². The van der Waals surface area contributed by atoms with Crippen molar-refractivity contribution in [2.45, 2.75) is 68.9 Å². The number of anilines is 1. The number of aryl methyl sites for hydroxylation is 1. The van der Waals surface area contributed by atoms with Crippen LogP contribution in [0, 0.1) is 6.92 Å². The number of benzene rings is 3. The van der Waals surface area contributed by atoms with Gasteiger partial charge in [0.05, 0.1) is 5.41 Å². The average molecular weight is 659 g/mol. The number of nitrogens with zero attached hydrogens (tertiary/aromatic N) is 1. The van der Waals surface area contributed by atoms with Crippen LogP contribution in [-0.2, 0) is 29.2 Å². The lowest BCUT2D eigenvalue weighted by Crippen LogP contribution is -2.60. The van der Waals surface area contributed by atoms with Gasteiger partial charge in [0.15, 0.2) is 11.9 Å². The molecule has 6 rings (SSSR count). The van der Waals surface area contributed by atoms with E-state index < -0.39 is 60.3 Å². The second-order valence-corrected chi connectivity index (χ2v) is 11.9. The van der Waals surface area contributed by atoms with Crippen molar-refractivity contribution in [3.05, 3.63) is 95.7 Å². The first-order valence-corrected chi connectivity index (χ1v) is 15.3. The first-order valence-electron chi connectivity index (χ1n) is 15.3. The van der Waals surface area contributed by atoms with Crippen LogP contribution in [0.4, 0.5) is 10.5 Å². The Hall–Kier alpha value is -5.08. The van der Waals surface area contributed by atoms with E-state index in [2.05, 4.69) is 10.5 Å². The molecule has 0 radical (unpaired) electrons. The second kappa shape index (κ2) is 13.2. The highest BCUT2D eigenvalue weighted by atomic mass is 16.7. The Morgan fingerprint density at radius 1 is 0.875 bits per heavy atom. The molecule has 0 spiro atoms. The SMILES string of the molecule is Cc1noc(-c2ccc(-c3ccc(C4(C(=O)OC5OC(C(=O)O)C(O)C(O)C5O)CC4)cc3)cc2)c1NC(=O)OC(C)c1ccccc1. The molecule has 4 aromatic rings. The number of carboxylic acid groups (broad SMARTS) is 1. The van der Waals surface area contributed by atoms with E-state index in [4.69, 9.17) is 18.7 Å². The lowest BCUT2D eigenvalue weighted by Gasteiger charge is -2.38. The van der Waals surface area contributed by atoms with Crippen LogP contribution in [-0.4, -0.2) is 74.3 Å². The number of rotatable bonds is 9. The number of carbonyl (C=O) groups excluding carboxylic acids is 2. The number of hydrogen-bond donors (Lipinski definition) is 5. The van der Waals surface area contributed by atoms with Crippen molar-refractivity contribution in [3.63, 3.8) is 0 Å². The van der Waals surface area contributed by atoms with E-state index in [1.54, 1.807) is 26.0 Å². The molecule has 1 saturated heterocycles. The Kier molecular flexibility index (Phi) is 9.03. The monoisotopic (exact) mass is 658 g/mol. The normalized spacial score (nSPS) is 23.5. The van der Waals surface area contributed by atoms with Gasteiger partial charge in [-0.25, -0.2) is 9.59 Å². The molecule has 6 atom stereocenters. The summed E-state index contributed by atoms with van der Waals surface area (Å²) in [7, 11) is 0. The highest BCUT2D eigenvalue weighted by Crippen LogP contribution is 2.50. The van der Waals surface area contributed by atoms with Gasteiger partial charge >= 0.3 is 18.0 Å². The molecule has 13 nitrogen and oxygen atoms in total. The van der Waals surface area contributed by atoms with E-state index in [0.717, 1.165) is 16.7 Å². The van der Waals surface area contributed by atoms with Crippen molar-refractivity contribution in [1.82, 2.24) is 5.16 Å². The molecule has 1 aliphatic heterocycles. The zero-order valence-electron chi connectivity index (χ0n) is 26.0. The van der Waals surface area contributed by atoms with Gasteiger partial charge in [-0.2, -0.15) is 0 Å². The summed E-state index contributed by atoms with van der Waals surface area (Å²) in [5.41, 5.74) is 3.79. The molecule has 2 aliphatic rings. The van der Waals surface area contributed by atoms with Crippen LogP contribution in [0.2, 0.25) is 0 Å². The number of amides is 1. The van der Waals surface area contributed by atoms with E-state index in [9.17, 15) is 34.8 Å². The molecule has 48 heavy (non-hydrogen) atoms. The first-order chi connectivity index (χ1) is 23.0. The summed E-state index contributed by atoms with van der Waals surface area (Å²) in [5, 5.41) is 46.2. The summed E-state index contributed by atoms with van der Waals surface area (Å²) in [4.78, 5) is 37.3. The second-order valence-electron chi connectivity index (χ2n) is 11.9. The highest BCUT2D eigenvalue weighted by Gasteiger charge is 2.56. The van der Waals surface area contributed by atoms with Crippen molar-refractivity contribution in [3.8, 4) is 22.5 Å². The molecule has 250 valence electrons. The number of aliphatic hydroxyl groups is 3. The summed E-state index contributed by atoms with van der Waals surface area (Å²) in [6.07, 6.45) is -9.41. The van der Waals surface area contributed by atoms with Gasteiger partial charge in [0, 0.05) is 5.56 Å². The first kappa shape index (κ1) is 32.8. The Morgan fingerprint density at radius 2 is 1.48 bits per heavy atom. The minimum Gasteiger partial charge on any atom is -0.479 e. The van der Waals surface area contributed by atoms with E-state index in [1.807, 2.05) is 66.7 Å².